The van der Waals surface area contributed by atoms with Gasteiger partial charge in [-0.25, -0.2) is 4.99 Å². The van der Waals surface area contributed by atoms with Gasteiger partial charge in [0.1, 0.15) is 5.04 Å². The SMILES string of the molecule is C=C(CCC(C)(CCO)/C(=C/CC)C/C(C)=C\CC)C(/N=C(\SC)C(=P)NC1CCNCC1)=C(C)\N=C/C. The summed E-state index contributed by atoms with van der Waals surface area (Å²) in [5, 5.41) is 17.9. The lowest BCUT2D eigenvalue weighted by atomic mass is 9.72. The van der Waals surface area contributed by atoms with E-state index in [1.165, 1.54) is 11.1 Å². The van der Waals surface area contributed by atoms with Gasteiger partial charge in [-0.15, -0.1) is 11.8 Å². The molecule has 1 rings (SSSR count). The summed E-state index contributed by atoms with van der Waals surface area (Å²) in [5.41, 5.74) is 6.28. The Balaban J connectivity index is 3.23. The molecule has 214 valence electrons. The van der Waals surface area contributed by atoms with Gasteiger partial charge in [-0.3, -0.25) is 10.3 Å². The highest BCUT2D eigenvalue weighted by Crippen LogP contribution is 2.41. The molecule has 38 heavy (non-hydrogen) atoms. The first-order chi connectivity index (χ1) is 18.1. The first kappa shape index (κ1) is 34.7. The molecule has 0 aromatic rings. The van der Waals surface area contributed by atoms with Crippen molar-refractivity contribution in [3.05, 3.63) is 46.8 Å². The number of aliphatic hydroxyl groups excluding tert-OH is 1. The lowest BCUT2D eigenvalue weighted by Crippen LogP contribution is -2.43. The molecule has 3 N–H and O–H groups in total. The average molecular weight is 561 g/mol. The van der Waals surface area contributed by atoms with E-state index in [4.69, 9.17) is 4.99 Å². The Bertz CT molecular complexity index is 928. The van der Waals surface area contributed by atoms with Crippen molar-refractivity contribution in [3.63, 3.8) is 0 Å². The number of allylic oxidation sites excluding steroid dienone is 6. The maximum absolute atomic E-state index is 10.00. The van der Waals surface area contributed by atoms with E-state index in [1.54, 1.807) is 11.8 Å². The van der Waals surface area contributed by atoms with E-state index in [2.05, 4.69) is 70.9 Å². The van der Waals surface area contributed by atoms with E-state index in [0.717, 1.165) is 91.9 Å². The third kappa shape index (κ3) is 11.8. The number of nitrogens with one attached hydrogen (secondary N) is 2. The lowest BCUT2D eigenvalue weighted by molar-refractivity contribution is 0.212. The van der Waals surface area contributed by atoms with Crippen LogP contribution < -0.4 is 10.6 Å². The van der Waals surface area contributed by atoms with Crippen LogP contribution in [0.5, 0.6) is 0 Å². The summed E-state index contributed by atoms with van der Waals surface area (Å²) in [5.74, 6) is 0. The van der Waals surface area contributed by atoms with Gasteiger partial charge in [-0.1, -0.05) is 59.5 Å². The molecule has 1 unspecified atom stereocenters. The topological polar surface area (TPSA) is 69.0 Å². The number of aliphatic imine (C=N–C) groups is 2. The molecule has 0 aromatic heterocycles. The number of hydrogen-bond acceptors (Lipinski definition) is 5. The molecule has 1 aliphatic heterocycles. The van der Waals surface area contributed by atoms with Crippen molar-refractivity contribution in [3.8, 4) is 0 Å². The minimum Gasteiger partial charge on any atom is -0.396 e. The van der Waals surface area contributed by atoms with Gasteiger partial charge in [0.2, 0.25) is 0 Å². The van der Waals surface area contributed by atoms with Crippen LogP contribution in [0.15, 0.2) is 56.8 Å². The fourth-order valence-electron chi connectivity index (χ4n) is 4.95. The van der Waals surface area contributed by atoms with E-state index in [1.807, 2.05) is 26.3 Å². The van der Waals surface area contributed by atoms with Gasteiger partial charge in [0.25, 0.3) is 0 Å². The molecule has 0 amide bonds. The maximum Gasteiger partial charge on any atom is 0.119 e. The van der Waals surface area contributed by atoms with Crippen molar-refractivity contribution < 1.29 is 5.11 Å². The van der Waals surface area contributed by atoms with E-state index in [-0.39, 0.29) is 12.0 Å². The van der Waals surface area contributed by atoms with Gasteiger partial charge in [-0.2, -0.15) is 0 Å². The number of hydrogen-bond donors (Lipinski definition) is 3. The summed E-state index contributed by atoms with van der Waals surface area (Å²) in [4.78, 5) is 9.67. The molecular weight excluding hydrogens is 507 g/mol. The molecule has 0 aliphatic carbocycles. The second-order valence-corrected chi connectivity index (χ2v) is 11.7. The molecule has 0 bridgehead atoms. The van der Waals surface area contributed by atoms with Gasteiger partial charge in [0.05, 0.1) is 16.8 Å². The minimum absolute atomic E-state index is 0.113. The van der Waals surface area contributed by atoms with Crippen LogP contribution in [0.4, 0.5) is 0 Å². The third-order valence-electron chi connectivity index (χ3n) is 7.20. The molecule has 7 heteroatoms. The van der Waals surface area contributed by atoms with Gasteiger partial charge in [-0.05, 0) is 102 Å². The standard InChI is InChI=1S/C31H53N4OPS/c1-9-12-23(4)22-26(13-10-2)31(7,18-21-36)17-14-24(5)28(25(6)33-11-3)35-30(38-8)29(37)34-27-15-19-32-20-16-27/h11-13,27,32,34,36-37H,5,9-10,14-22H2,1-4,6-8H3/b23-12-,26-13+,28-25+,33-11-,35-30-. The Morgan fingerprint density at radius 3 is 2.39 bits per heavy atom. The Morgan fingerprint density at radius 2 is 1.84 bits per heavy atom. The molecule has 0 spiro atoms. The normalized spacial score (nSPS) is 18.5. The molecule has 0 radical (unpaired) electrons. The van der Waals surface area contributed by atoms with E-state index >= 15 is 0 Å². The van der Waals surface area contributed by atoms with Gasteiger partial charge >= 0.3 is 0 Å². The van der Waals surface area contributed by atoms with Crippen molar-refractivity contribution in [1.82, 2.24) is 10.6 Å². The second kappa shape index (κ2) is 18.9. The Hall–Kier alpha value is -1.30. The highest BCUT2D eigenvalue weighted by Gasteiger charge is 2.29. The van der Waals surface area contributed by atoms with Gasteiger partial charge < -0.3 is 10.4 Å². The van der Waals surface area contributed by atoms with Crippen LogP contribution in [0.2, 0.25) is 0 Å². The highest BCUT2D eigenvalue weighted by molar-refractivity contribution is 8.15. The zero-order valence-corrected chi connectivity index (χ0v) is 26.9. The maximum atomic E-state index is 10.00. The monoisotopic (exact) mass is 560 g/mol. The molecule has 1 aliphatic rings. The van der Waals surface area contributed by atoms with Gasteiger partial charge in [0, 0.05) is 18.9 Å². The highest BCUT2D eigenvalue weighted by atomic mass is 32.2. The van der Waals surface area contributed by atoms with Crippen LogP contribution in [-0.4, -0.2) is 53.8 Å². The van der Waals surface area contributed by atoms with Crippen LogP contribution in [0.3, 0.4) is 0 Å². The Labute approximate surface area is 239 Å². The number of rotatable bonds is 16. The van der Waals surface area contributed by atoms with Crippen molar-refractivity contribution in [2.75, 3.05) is 26.0 Å². The predicted molar refractivity (Wildman–Crippen MR) is 175 cm³/mol. The fourth-order valence-corrected chi connectivity index (χ4v) is 5.96. The van der Waals surface area contributed by atoms with Crippen molar-refractivity contribution in [2.24, 2.45) is 15.4 Å². The largest absolute Gasteiger partial charge is 0.396 e. The summed E-state index contributed by atoms with van der Waals surface area (Å²) in [6, 6.07) is 0.430. The molecule has 1 fully saturated rings. The van der Waals surface area contributed by atoms with Crippen molar-refractivity contribution in [1.29, 1.82) is 0 Å². The molecule has 1 heterocycles. The molecule has 1 saturated heterocycles. The Morgan fingerprint density at radius 1 is 1.18 bits per heavy atom. The first-order valence-corrected chi connectivity index (χ1v) is 15.9. The zero-order chi connectivity index (χ0) is 28.6. The molecule has 1 atom stereocenters. The average Bonchev–Trinajstić information content (AvgIpc) is 2.88. The number of aliphatic hydroxyl groups is 1. The van der Waals surface area contributed by atoms with Crippen LogP contribution in [-0.2, 0) is 0 Å². The predicted octanol–water partition coefficient (Wildman–Crippen LogP) is 7.49. The fraction of sp³-hybridized carbons (Fsp3) is 0.645. The summed E-state index contributed by atoms with van der Waals surface area (Å²) in [6.07, 6.45) is 16.1. The Kier molecular flexibility index (Phi) is 17.3. The molecular formula is C31H53N4OPS. The smallest absolute Gasteiger partial charge is 0.119 e. The third-order valence-corrected chi connectivity index (χ3v) is 8.44. The van der Waals surface area contributed by atoms with Crippen LogP contribution >= 0.6 is 20.6 Å². The van der Waals surface area contributed by atoms with Gasteiger partial charge in [0.15, 0.2) is 0 Å². The summed E-state index contributed by atoms with van der Waals surface area (Å²) < 4.78 is 0. The summed E-state index contributed by atoms with van der Waals surface area (Å²) >= 11 is 1.61. The molecule has 0 saturated carbocycles. The lowest BCUT2D eigenvalue weighted by Gasteiger charge is -2.33. The van der Waals surface area contributed by atoms with Crippen LogP contribution in [0.1, 0.15) is 92.9 Å². The van der Waals surface area contributed by atoms with Crippen molar-refractivity contribution >= 4 is 37.3 Å². The second-order valence-electron chi connectivity index (χ2n) is 10.4. The number of piperidine rings is 1. The number of nitrogens with zero attached hydrogens (tertiary/aromatic N) is 2. The van der Waals surface area contributed by atoms with Crippen LogP contribution in [0.25, 0.3) is 0 Å². The quantitative estimate of drug-likeness (QED) is 0.0601. The van der Waals surface area contributed by atoms with E-state index in [9.17, 15) is 5.11 Å². The van der Waals surface area contributed by atoms with E-state index in [0.29, 0.717) is 6.04 Å². The zero-order valence-electron chi connectivity index (χ0n) is 25.0. The minimum atomic E-state index is -0.113. The van der Waals surface area contributed by atoms with Crippen LogP contribution in [0, 0.1) is 5.41 Å². The number of thioether (sulfide) groups is 1. The molecule has 0 aromatic carbocycles. The first-order valence-electron chi connectivity index (χ1n) is 14.2. The summed E-state index contributed by atoms with van der Waals surface area (Å²) in [7, 11) is 3.83. The van der Waals surface area contributed by atoms with Crippen molar-refractivity contribution in [2.45, 2.75) is 99.0 Å². The molecule has 5 nitrogen and oxygen atoms in total. The van der Waals surface area contributed by atoms with E-state index < -0.39 is 0 Å². The summed E-state index contributed by atoms with van der Waals surface area (Å²) in [6.45, 7) is 19.5.